The molecule has 0 radical (unpaired) electrons. The Balaban J connectivity index is 2.92. The lowest BCUT2D eigenvalue weighted by atomic mass is 10.1. The molecule has 1 unspecified atom stereocenters. The second-order valence-corrected chi connectivity index (χ2v) is 5.76. The molecule has 7 heteroatoms. The average Bonchev–Trinajstić information content (AvgIpc) is 2.44. The van der Waals surface area contributed by atoms with Gasteiger partial charge in [-0.05, 0) is 12.1 Å². The van der Waals surface area contributed by atoms with Gasteiger partial charge in [0.25, 0.3) is 0 Å². The highest BCUT2D eigenvalue weighted by Gasteiger charge is 2.17. The molecule has 0 aliphatic heterocycles. The van der Waals surface area contributed by atoms with E-state index in [9.17, 15) is 13.2 Å². The van der Waals surface area contributed by atoms with E-state index < -0.39 is 22.7 Å². The van der Waals surface area contributed by atoms with Gasteiger partial charge in [-0.3, -0.25) is 4.79 Å². The van der Waals surface area contributed by atoms with Gasteiger partial charge in [-0.25, -0.2) is 13.1 Å². The van der Waals surface area contributed by atoms with Gasteiger partial charge in [0.05, 0.1) is 17.6 Å². The summed E-state index contributed by atoms with van der Waals surface area (Å²) in [4.78, 5) is 11.5. The van der Waals surface area contributed by atoms with Crippen LogP contribution in [0.2, 0.25) is 0 Å². The molecule has 0 heterocycles. The van der Waals surface area contributed by atoms with Crippen LogP contribution < -0.4 is 4.72 Å². The molecule has 0 aromatic heterocycles. The van der Waals surface area contributed by atoms with Crippen LogP contribution in [0.25, 0.3) is 0 Å². The number of aliphatic hydroxyl groups excluding tert-OH is 2. The third-order valence-corrected chi connectivity index (χ3v) is 3.93. The summed E-state index contributed by atoms with van der Waals surface area (Å²) in [5.41, 5.74) is 0.327. The normalized spacial score (nSPS) is 13.2. The van der Waals surface area contributed by atoms with E-state index in [4.69, 9.17) is 10.2 Å². The number of carbonyl (C=O) groups is 1. The Morgan fingerprint density at radius 3 is 2.68 bits per heavy atom. The molecule has 1 aromatic rings. The summed E-state index contributed by atoms with van der Waals surface area (Å²) < 4.78 is 26.0. The van der Waals surface area contributed by atoms with Crippen LogP contribution in [0.15, 0.2) is 29.2 Å². The molecule has 0 fully saturated rings. The Hall–Kier alpha value is -1.28. The van der Waals surface area contributed by atoms with E-state index in [1.165, 1.54) is 18.2 Å². The first-order valence-electron chi connectivity index (χ1n) is 5.82. The van der Waals surface area contributed by atoms with Gasteiger partial charge in [0.2, 0.25) is 10.0 Å². The van der Waals surface area contributed by atoms with Crippen molar-refractivity contribution in [2.24, 2.45) is 0 Å². The van der Waals surface area contributed by atoms with Crippen LogP contribution in [-0.2, 0) is 10.0 Å². The Kier molecular flexibility index (Phi) is 5.61. The van der Waals surface area contributed by atoms with Crippen molar-refractivity contribution in [2.75, 3.05) is 13.2 Å². The van der Waals surface area contributed by atoms with Gasteiger partial charge < -0.3 is 10.2 Å². The monoisotopic (exact) mass is 287 g/mol. The highest BCUT2D eigenvalue weighted by molar-refractivity contribution is 7.89. The van der Waals surface area contributed by atoms with Gasteiger partial charge in [0.15, 0.2) is 5.78 Å². The van der Waals surface area contributed by atoms with Gasteiger partial charge in [-0.1, -0.05) is 19.1 Å². The smallest absolute Gasteiger partial charge is 0.240 e. The molecule has 106 valence electrons. The fraction of sp³-hybridized carbons (Fsp3) is 0.417. The lowest BCUT2D eigenvalue weighted by Crippen LogP contribution is -2.33. The van der Waals surface area contributed by atoms with Crippen LogP contribution in [0.5, 0.6) is 0 Å². The van der Waals surface area contributed by atoms with E-state index in [0.717, 1.165) is 0 Å². The van der Waals surface area contributed by atoms with E-state index in [0.29, 0.717) is 12.0 Å². The number of rotatable bonds is 7. The number of benzene rings is 1. The van der Waals surface area contributed by atoms with Gasteiger partial charge in [-0.2, -0.15) is 0 Å². The minimum atomic E-state index is -3.80. The van der Waals surface area contributed by atoms with E-state index >= 15 is 0 Å². The maximum Gasteiger partial charge on any atom is 0.240 e. The maximum absolute atomic E-state index is 11.9. The number of hydrogen-bond acceptors (Lipinski definition) is 5. The molecule has 0 saturated carbocycles. The molecule has 0 saturated heterocycles. The summed E-state index contributed by atoms with van der Waals surface area (Å²) in [6.07, 6.45) is -0.865. The van der Waals surface area contributed by atoms with Crippen molar-refractivity contribution in [3.8, 4) is 0 Å². The van der Waals surface area contributed by atoms with Crippen LogP contribution in [0.3, 0.4) is 0 Å². The van der Waals surface area contributed by atoms with Crippen molar-refractivity contribution >= 4 is 15.8 Å². The molecular weight excluding hydrogens is 270 g/mol. The highest BCUT2D eigenvalue weighted by Crippen LogP contribution is 2.12. The first-order chi connectivity index (χ1) is 8.90. The van der Waals surface area contributed by atoms with E-state index in [-0.39, 0.29) is 17.2 Å². The van der Waals surface area contributed by atoms with Gasteiger partial charge >= 0.3 is 0 Å². The Morgan fingerprint density at radius 1 is 1.42 bits per heavy atom. The molecule has 1 atom stereocenters. The lowest BCUT2D eigenvalue weighted by Gasteiger charge is -2.10. The van der Waals surface area contributed by atoms with Crippen LogP contribution >= 0.6 is 0 Å². The number of Topliss-reactive ketones (excluding diaryl/α,β-unsaturated/α-hetero) is 1. The van der Waals surface area contributed by atoms with Crippen LogP contribution in [-0.4, -0.2) is 43.7 Å². The van der Waals surface area contributed by atoms with E-state index in [1.54, 1.807) is 13.0 Å². The summed E-state index contributed by atoms with van der Waals surface area (Å²) >= 11 is 0. The minimum absolute atomic E-state index is 0.0445. The third-order valence-electron chi connectivity index (χ3n) is 2.51. The number of carbonyl (C=O) groups excluding carboxylic acids is 1. The second-order valence-electron chi connectivity index (χ2n) is 3.99. The molecule has 0 aliphatic rings. The molecule has 0 bridgehead atoms. The van der Waals surface area contributed by atoms with Crippen LogP contribution in [0, 0.1) is 0 Å². The SMILES string of the molecule is CCC(=O)c1cccc(S(=O)(=O)NCC(O)CO)c1. The van der Waals surface area contributed by atoms with Gasteiger partial charge in [-0.15, -0.1) is 0 Å². The summed E-state index contributed by atoms with van der Waals surface area (Å²) in [6.45, 7) is 0.876. The minimum Gasteiger partial charge on any atom is -0.394 e. The zero-order valence-corrected chi connectivity index (χ0v) is 11.4. The Bertz CT molecular complexity index is 541. The molecule has 0 aliphatic carbocycles. The van der Waals surface area contributed by atoms with Crippen molar-refractivity contribution in [3.05, 3.63) is 29.8 Å². The predicted octanol–water partition coefficient (Wildman–Crippen LogP) is -0.0892. The molecule has 19 heavy (non-hydrogen) atoms. The zero-order valence-electron chi connectivity index (χ0n) is 10.5. The fourth-order valence-electron chi connectivity index (χ4n) is 1.39. The third kappa shape index (κ3) is 4.39. The quantitative estimate of drug-likeness (QED) is 0.608. The maximum atomic E-state index is 11.9. The van der Waals surface area contributed by atoms with Crippen molar-refractivity contribution in [3.63, 3.8) is 0 Å². The van der Waals surface area contributed by atoms with Crippen molar-refractivity contribution in [1.82, 2.24) is 4.72 Å². The molecule has 6 nitrogen and oxygen atoms in total. The topological polar surface area (TPSA) is 104 Å². The highest BCUT2D eigenvalue weighted by atomic mass is 32.2. The number of nitrogens with one attached hydrogen (secondary N) is 1. The van der Waals surface area contributed by atoms with E-state index in [1.807, 2.05) is 0 Å². The molecule has 0 spiro atoms. The lowest BCUT2D eigenvalue weighted by molar-refractivity contribution is 0.0986. The Labute approximate surface area is 112 Å². The standard InChI is InChI=1S/C12H17NO5S/c1-2-12(16)9-4-3-5-11(6-9)19(17,18)13-7-10(15)8-14/h3-6,10,13-15H,2,7-8H2,1H3. The summed E-state index contributed by atoms with van der Waals surface area (Å²) in [7, 11) is -3.80. The van der Waals surface area contributed by atoms with E-state index in [2.05, 4.69) is 4.72 Å². The second kappa shape index (κ2) is 6.76. The summed E-state index contributed by atoms with van der Waals surface area (Å²) in [5.74, 6) is -0.146. The molecule has 1 aromatic carbocycles. The molecule has 0 amide bonds. The largest absolute Gasteiger partial charge is 0.394 e. The molecule has 1 rings (SSSR count). The van der Waals surface area contributed by atoms with Gasteiger partial charge in [0, 0.05) is 18.5 Å². The summed E-state index contributed by atoms with van der Waals surface area (Å²) in [6, 6.07) is 5.69. The van der Waals surface area contributed by atoms with Gasteiger partial charge in [0.1, 0.15) is 0 Å². The molecule has 3 N–H and O–H groups in total. The first-order valence-corrected chi connectivity index (χ1v) is 7.31. The number of ketones is 1. The summed E-state index contributed by atoms with van der Waals surface area (Å²) in [5, 5.41) is 17.7. The average molecular weight is 287 g/mol. The fourth-order valence-corrected chi connectivity index (χ4v) is 2.51. The van der Waals surface area contributed by atoms with Crippen molar-refractivity contribution in [1.29, 1.82) is 0 Å². The van der Waals surface area contributed by atoms with Crippen molar-refractivity contribution in [2.45, 2.75) is 24.3 Å². The predicted molar refractivity (Wildman–Crippen MR) is 69.3 cm³/mol. The van der Waals surface area contributed by atoms with Crippen molar-refractivity contribution < 1.29 is 23.4 Å². The van der Waals surface area contributed by atoms with Crippen LogP contribution in [0.1, 0.15) is 23.7 Å². The number of sulfonamides is 1. The first kappa shape index (κ1) is 15.8. The molecular formula is C12H17NO5S. The number of aliphatic hydroxyl groups is 2. The Morgan fingerprint density at radius 2 is 2.11 bits per heavy atom. The van der Waals surface area contributed by atoms with Crippen LogP contribution in [0.4, 0.5) is 0 Å². The zero-order chi connectivity index (χ0) is 14.5. The number of hydrogen-bond donors (Lipinski definition) is 3.